The molecule has 1 aromatic rings. The van der Waals surface area contributed by atoms with E-state index in [2.05, 4.69) is 23.5 Å². The quantitative estimate of drug-likeness (QED) is 0.593. The Labute approximate surface area is 120 Å². The van der Waals surface area contributed by atoms with Gasteiger partial charge in [0.2, 0.25) is 0 Å². The van der Waals surface area contributed by atoms with Crippen LogP contribution in [0.2, 0.25) is 0 Å². The molecule has 0 bridgehead atoms. The number of rotatable bonds is 7. The number of nitrogens with one attached hydrogen (secondary N) is 2. The summed E-state index contributed by atoms with van der Waals surface area (Å²) in [7, 11) is 0. The van der Waals surface area contributed by atoms with Crippen molar-refractivity contribution in [2.24, 2.45) is 0 Å². The Morgan fingerprint density at radius 1 is 1.35 bits per heavy atom. The minimum atomic E-state index is -0.432. The zero-order chi connectivity index (χ0) is 14.8. The van der Waals surface area contributed by atoms with Gasteiger partial charge in [-0.2, -0.15) is 0 Å². The van der Waals surface area contributed by atoms with E-state index in [0.717, 1.165) is 18.4 Å². The molecule has 0 aromatic heterocycles. The smallest absolute Gasteiger partial charge is 0.410 e. The molecule has 0 aliphatic carbocycles. The molecule has 0 saturated heterocycles. The first-order valence-corrected chi connectivity index (χ1v) is 6.92. The zero-order valence-electron chi connectivity index (χ0n) is 12.2. The summed E-state index contributed by atoms with van der Waals surface area (Å²) in [5, 5.41) is 5.77. The van der Waals surface area contributed by atoms with Gasteiger partial charge in [0.15, 0.2) is 0 Å². The number of carbonyl (C=O) groups is 1. The molecule has 1 rings (SSSR count). The molecule has 1 aromatic carbocycles. The van der Waals surface area contributed by atoms with Gasteiger partial charge in [-0.1, -0.05) is 25.3 Å². The van der Waals surface area contributed by atoms with Crippen LogP contribution in [0, 0.1) is 12.3 Å². The lowest BCUT2D eigenvalue weighted by Crippen LogP contribution is -2.26. The van der Waals surface area contributed by atoms with E-state index in [4.69, 9.17) is 11.2 Å². The molecule has 4 nitrogen and oxygen atoms in total. The second-order valence-electron chi connectivity index (χ2n) is 4.41. The van der Waals surface area contributed by atoms with Crippen molar-refractivity contribution < 1.29 is 9.53 Å². The SMILES string of the molecule is C#CCNCc1cc(OC(=O)NCC)ccc1CCC. The van der Waals surface area contributed by atoms with Crippen molar-refractivity contribution in [3.8, 4) is 18.1 Å². The van der Waals surface area contributed by atoms with Crippen LogP contribution in [0.25, 0.3) is 0 Å². The van der Waals surface area contributed by atoms with E-state index in [0.29, 0.717) is 25.4 Å². The van der Waals surface area contributed by atoms with Crippen LogP contribution in [0.1, 0.15) is 31.4 Å². The fourth-order valence-corrected chi connectivity index (χ4v) is 1.90. The van der Waals surface area contributed by atoms with E-state index in [-0.39, 0.29) is 0 Å². The van der Waals surface area contributed by atoms with Crippen LogP contribution in [-0.4, -0.2) is 19.2 Å². The molecular weight excluding hydrogens is 252 g/mol. The highest BCUT2D eigenvalue weighted by molar-refractivity contribution is 5.70. The van der Waals surface area contributed by atoms with Crippen molar-refractivity contribution in [3.05, 3.63) is 29.3 Å². The van der Waals surface area contributed by atoms with Crippen molar-refractivity contribution in [2.45, 2.75) is 33.2 Å². The lowest BCUT2D eigenvalue weighted by atomic mass is 10.0. The summed E-state index contributed by atoms with van der Waals surface area (Å²) < 4.78 is 5.22. The van der Waals surface area contributed by atoms with Gasteiger partial charge in [-0.25, -0.2) is 4.79 Å². The fraction of sp³-hybridized carbons (Fsp3) is 0.438. The molecule has 0 radical (unpaired) electrons. The Morgan fingerprint density at radius 2 is 2.15 bits per heavy atom. The minimum absolute atomic E-state index is 0.432. The van der Waals surface area contributed by atoms with Crippen molar-refractivity contribution >= 4 is 6.09 Å². The third-order valence-corrected chi connectivity index (χ3v) is 2.77. The molecule has 0 aliphatic rings. The molecule has 4 heteroatoms. The van der Waals surface area contributed by atoms with E-state index in [9.17, 15) is 4.79 Å². The molecule has 0 spiro atoms. The fourth-order valence-electron chi connectivity index (χ4n) is 1.90. The van der Waals surface area contributed by atoms with Crippen LogP contribution < -0.4 is 15.4 Å². The van der Waals surface area contributed by atoms with E-state index in [1.165, 1.54) is 5.56 Å². The maximum atomic E-state index is 11.4. The average Bonchev–Trinajstić information content (AvgIpc) is 2.42. The van der Waals surface area contributed by atoms with Crippen molar-refractivity contribution in [1.82, 2.24) is 10.6 Å². The number of amides is 1. The summed E-state index contributed by atoms with van der Waals surface area (Å²) in [6.07, 6.45) is 6.86. The molecule has 20 heavy (non-hydrogen) atoms. The molecular formula is C16H22N2O2. The predicted molar refractivity (Wildman–Crippen MR) is 80.7 cm³/mol. The van der Waals surface area contributed by atoms with Gasteiger partial charge in [0, 0.05) is 13.1 Å². The molecule has 108 valence electrons. The minimum Gasteiger partial charge on any atom is -0.410 e. The van der Waals surface area contributed by atoms with Crippen LogP contribution in [-0.2, 0) is 13.0 Å². The Morgan fingerprint density at radius 3 is 2.80 bits per heavy atom. The van der Waals surface area contributed by atoms with Crippen LogP contribution in [0.4, 0.5) is 4.79 Å². The Bertz CT molecular complexity index is 478. The number of hydrogen-bond donors (Lipinski definition) is 2. The van der Waals surface area contributed by atoms with Gasteiger partial charge in [0.25, 0.3) is 0 Å². The number of hydrogen-bond acceptors (Lipinski definition) is 3. The number of carbonyl (C=O) groups excluding carboxylic acids is 1. The Kier molecular flexibility index (Phi) is 7.23. The van der Waals surface area contributed by atoms with E-state index >= 15 is 0 Å². The predicted octanol–water partition coefficient (Wildman–Crippen LogP) is 2.47. The summed E-state index contributed by atoms with van der Waals surface area (Å²) in [5.41, 5.74) is 2.36. The number of terminal acetylenes is 1. The third-order valence-electron chi connectivity index (χ3n) is 2.77. The first-order chi connectivity index (χ1) is 9.71. The molecule has 1 amide bonds. The first-order valence-electron chi connectivity index (χ1n) is 6.92. The van der Waals surface area contributed by atoms with Gasteiger partial charge < -0.3 is 15.4 Å². The molecule has 0 fully saturated rings. The highest BCUT2D eigenvalue weighted by Gasteiger charge is 2.07. The monoisotopic (exact) mass is 274 g/mol. The largest absolute Gasteiger partial charge is 0.412 e. The molecule has 0 heterocycles. The van der Waals surface area contributed by atoms with E-state index in [1.54, 1.807) is 0 Å². The van der Waals surface area contributed by atoms with E-state index in [1.807, 2.05) is 25.1 Å². The second-order valence-corrected chi connectivity index (χ2v) is 4.41. The summed E-state index contributed by atoms with van der Waals surface area (Å²) in [6, 6.07) is 5.72. The van der Waals surface area contributed by atoms with Crippen LogP contribution in [0.5, 0.6) is 5.75 Å². The number of aryl methyl sites for hydroxylation is 1. The van der Waals surface area contributed by atoms with Gasteiger partial charge in [-0.15, -0.1) is 6.42 Å². The number of benzene rings is 1. The summed E-state index contributed by atoms with van der Waals surface area (Å²) in [6.45, 7) is 5.72. The molecule has 0 atom stereocenters. The molecule has 0 aliphatic heterocycles. The van der Waals surface area contributed by atoms with E-state index < -0.39 is 6.09 Å². The topological polar surface area (TPSA) is 50.4 Å². The van der Waals surface area contributed by atoms with Gasteiger partial charge in [0.05, 0.1) is 6.54 Å². The van der Waals surface area contributed by atoms with Gasteiger partial charge in [-0.05, 0) is 36.6 Å². The van der Waals surface area contributed by atoms with Gasteiger partial charge >= 0.3 is 6.09 Å². The zero-order valence-corrected chi connectivity index (χ0v) is 12.2. The lowest BCUT2D eigenvalue weighted by molar-refractivity contribution is 0.201. The van der Waals surface area contributed by atoms with Crippen LogP contribution >= 0.6 is 0 Å². The highest BCUT2D eigenvalue weighted by Crippen LogP contribution is 2.19. The highest BCUT2D eigenvalue weighted by atomic mass is 16.5. The molecule has 0 unspecified atom stereocenters. The average molecular weight is 274 g/mol. The van der Waals surface area contributed by atoms with Crippen molar-refractivity contribution in [3.63, 3.8) is 0 Å². The van der Waals surface area contributed by atoms with Crippen LogP contribution in [0.15, 0.2) is 18.2 Å². The van der Waals surface area contributed by atoms with Crippen molar-refractivity contribution in [2.75, 3.05) is 13.1 Å². The summed E-state index contributed by atoms with van der Waals surface area (Å²) in [5.74, 6) is 3.10. The molecule has 0 saturated carbocycles. The normalized spacial score (nSPS) is 9.85. The lowest BCUT2D eigenvalue weighted by Gasteiger charge is -2.12. The standard InChI is InChI=1S/C16H22N2O2/c1-4-7-13-8-9-15(20-16(19)18-6-3)11-14(13)12-17-10-5-2/h2,8-9,11,17H,4,6-7,10,12H2,1,3H3,(H,18,19). The second kappa shape index (κ2) is 9.00. The maximum Gasteiger partial charge on any atom is 0.412 e. The van der Waals surface area contributed by atoms with Crippen LogP contribution in [0.3, 0.4) is 0 Å². The van der Waals surface area contributed by atoms with Crippen molar-refractivity contribution in [1.29, 1.82) is 0 Å². The first kappa shape index (κ1) is 16.1. The third kappa shape index (κ3) is 5.33. The number of ether oxygens (including phenoxy) is 1. The summed E-state index contributed by atoms with van der Waals surface area (Å²) >= 11 is 0. The van der Waals surface area contributed by atoms with Gasteiger partial charge in [0.1, 0.15) is 5.75 Å². The molecule has 2 N–H and O–H groups in total. The Hall–Kier alpha value is -1.99. The summed E-state index contributed by atoms with van der Waals surface area (Å²) in [4.78, 5) is 11.4. The Balaban J connectivity index is 2.80. The van der Waals surface area contributed by atoms with Gasteiger partial charge in [-0.3, -0.25) is 0 Å². The maximum absolute atomic E-state index is 11.4.